The van der Waals surface area contributed by atoms with Crippen LogP contribution in [-0.4, -0.2) is 26.4 Å². The molecule has 1 aromatic carbocycles. The molecule has 0 unspecified atom stereocenters. The fraction of sp³-hybridized carbons (Fsp3) is 0.312. The second-order valence-corrected chi connectivity index (χ2v) is 6.78. The molecule has 0 fully saturated rings. The summed E-state index contributed by atoms with van der Waals surface area (Å²) in [6, 6.07) is 6.63. The quantitative estimate of drug-likeness (QED) is 0.812. The second-order valence-electron chi connectivity index (χ2n) is 5.97. The fourth-order valence-electron chi connectivity index (χ4n) is 2.13. The van der Waals surface area contributed by atoms with Crippen molar-refractivity contribution in [3.05, 3.63) is 50.9 Å². The number of carboxylic acid groups (broad SMARTS) is 1. The first-order chi connectivity index (χ1) is 11.2. The summed E-state index contributed by atoms with van der Waals surface area (Å²) < 4.78 is 1.17. The molecule has 8 heteroatoms. The number of anilines is 1. The highest BCUT2D eigenvalue weighted by atomic mass is 35.5. The summed E-state index contributed by atoms with van der Waals surface area (Å²) in [5.74, 6) is -0.882. The lowest BCUT2D eigenvalue weighted by molar-refractivity contribution is -0.137. The summed E-state index contributed by atoms with van der Waals surface area (Å²) in [4.78, 5) is 23.1. The lowest BCUT2D eigenvalue weighted by Gasteiger charge is -2.27. The molecule has 0 aliphatic heterocycles. The van der Waals surface area contributed by atoms with E-state index in [1.807, 2.05) is 13.8 Å². The van der Waals surface area contributed by atoms with E-state index >= 15 is 0 Å². The molecule has 0 bridgehead atoms. The van der Waals surface area contributed by atoms with Gasteiger partial charge in [0.1, 0.15) is 5.02 Å². The maximum Gasteiger partial charge on any atom is 0.303 e. The van der Waals surface area contributed by atoms with Crippen LogP contribution in [0.15, 0.2) is 35.3 Å². The third-order valence-corrected chi connectivity index (χ3v) is 4.04. The molecule has 0 spiro atoms. The Morgan fingerprint density at radius 1 is 1.29 bits per heavy atom. The molecular weight excluding hydrogens is 353 g/mol. The van der Waals surface area contributed by atoms with Crippen molar-refractivity contribution in [2.45, 2.75) is 32.2 Å². The maximum atomic E-state index is 12.4. The Labute approximate surface area is 149 Å². The number of halogens is 2. The van der Waals surface area contributed by atoms with E-state index in [4.69, 9.17) is 28.3 Å². The highest BCUT2D eigenvalue weighted by Gasteiger charge is 2.21. The van der Waals surface area contributed by atoms with E-state index in [0.717, 1.165) is 0 Å². The van der Waals surface area contributed by atoms with Crippen LogP contribution in [0.1, 0.15) is 26.7 Å². The Morgan fingerprint density at radius 2 is 1.92 bits per heavy atom. The number of carboxylic acids is 1. The monoisotopic (exact) mass is 369 g/mol. The zero-order valence-corrected chi connectivity index (χ0v) is 14.7. The van der Waals surface area contributed by atoms with Crippen LogP contribution in [0.2, 0.25) is 10.0 Å². The van der Waals surface area contributed by atoms with E-state index in [1.54, 1.807) is 24.3 Å². The summed E-state index contributed by atoms with van der Waals surface area (Å²) in [5, 5.41) is 16.5. The molecule has 0 aliphatic carbocycles. The van der Waals surface area contributed by atoms with Gasteiger partial charge in [0, 0.05) is 17.0 Å². The number of rotatable bonds is 6. The number of nitrogens with one attached hydrogen (secondary N) is 1. The molecule has 0 atom stereocenters. The van der Waals surface area contributed by atoms with Crippen molar-refractivity contribution in [1.82, 2.24) is 9.78 Å². The Kier molecular flexibility index (Phi) is 5.51. The number of carbonyl (C=O) groups is 1. The summed E-state index contributed by atoms with van der Waals surface area (Å²) in [6.07, 6.45) is 1.83. The molecule has 1 heterocycles. The number of benzene rings is 1. The Bertz CT molecular complexity index is 801. The standard InChI is InChI=1S/C16H17Cl2N3O3/c1-16(2,8-7-13(22)23)20-12-9-19-21(15(24)14(12)18)11-5-3-10(17)4-6-11/h3-6,9,20H,7-8H2,1-2H3,(H,22,23). The lowest BCUT2D eigenvalue weighted by Crippen LogP contribution is -2.33. The fourth-order valence-corrected chi connectivity index (χ4v) is 2.43. The number of aliphatic carboxylic acids is 1. The minimum Gasteiger partial charge on any atom is -0.481 e. The van der Waals surface area contributed by atoms with Gasteiger partial charge in [0.05, 0.1) is 17.6 Å². The van der Waals surface area contributed by atoms with Crippen LogP contribution in [0.25, 0.3) is 5.69 Å². The number of hydrogen-bond donors (Lipinski definition) is 2. The van der Waals surface area contributed by atoms with Crippen molar-refractivity contribution >= 4 is 34.9 Å². The van der Waals surface area contributed by atoms with Gasteiger partial charge in [-0.3, -0.25) is 9.59 Å². The zero-order valence-electron chi connectivity index (χ0n) is 13.2. The van der Waals surface area contributed by atoms with Gasteiger partial charge in [-0.1, -0.05) is 23.2 Å². The SMILES string of the molecule is CC(C)(CCC(=O)O)Nc1cnn(-c2ccc(Cl)cc2)c(=O)c1Cl. The van der Waals surface area contributed by atoms with E-state index in [9.17, 15) is 9.59 Å². The predicted molar refractivity (Wildman–Crippen MR) is 94.4 cm³/mol. The lowest BCUT2D eigenvalue weighted by atomic mass is 9.98. The molecule has 128 valence electrons. The van der Waals surface area contributed by atoms with Gasteiger partial charge in [0.2, 0.25) is 0 Å². The first kappa shape index (κ1) is 18.3. The Morgan fingerprint density at radius 3 is 2.50 bits per heavy atom. The first-order valence-electron chi connectivity index (χ1n) is 7.23. The van der Waals surface area contributed by atoms with Crippen LogP contribution >= 0.6 is 23.2 Å². The van der Waals surface area contributed by atoms with Gasteiger partial charge in [0.15, 0.2) is 0 Å². The Hall–Kier alpha value is -2.05. The van der Waals surface area contributed by atoms with E-state index in [1.165, 1.54) is 10.9 Å². The zero-order chi connectivity index (χ0) is 17.9. The number of hydrogen-bond acceptors (Lipinski definition) is 4. The molecule has 0 aliphatic rings. The topological polar surface area (TPSA) is 84.2 Å². The minimum absolute atomic E-state index is 0.00683. The summed E-state index contributed by atoms with van der Waals surface area (Å²) in [7, 11) is 0. The van der Waals surface area contributed by atoms with Crippen LogP contribution in [-0.2, 0) is 4.79 Å². The van der Waals surface area contributed by atoms with Gasteiger partial charge < -0.3 is 10.4 Å². The number of aromatic nitrogens is 2. The molecule has 0 amide bonds. The van der Waals surface area contributed by atoms with Crippen molar-refractivity contribution in [1.29, 1.82) is 0 Å². The maximum absolute atomic E-state index is 12.4. The van der Waals surface area contributed by atoms with E-state index in [-0.39, 0.29) is 11.4 Å². The van der Waals surface area contributed by atoms with Gasteiger partial charge in [-0.05, 0) is 44.5 Å². The predicted octanol–water partition coefficient (Wildman–Crippen LogP) is 3.59. The van der Waals surface area contributed by atoms with Gasteiger partial charge in [0.25, 0.3) is 5.56 Å². The van der Waals surface area contributed by atoms with Gasteiger partial charge in [-0.2, -0.15) is 9.78 Å². The molecular formula is C16H17Cl2N3O3. The average molecular weight is 370 g/mol. The molecule has 0 radical (unpaired) electrons. The second kappa shape index (κ2) is 7.23. The molecule has 0 saturated carbocycles. The Balaban J connectivity index is 2.28. The van der Waals surface area contributed by atoms with Crippen molar-refractivity contribution in [2.24, 2.45) is 0 Å². The molecule has 2 N–H and O–H groups in total. The highest BCUT2D eigenvalue weighted by molar-refractivity contribution is 6.33. The first-order valence-corrected chi connectivity index (χ1v) is 7.99. The van der Waals surface area contributed by atoms with Crippen LogP contribution in [0, 0.1) is 0 Å². The molecule has 0 saturated heterocycles. The van der Waals surface area contributed by atoms with Crippen LogP contribution in [0.3, 0.4) is 0 Å². The van der Waals surface area contributed by atoms with Crippen LogP contribution in [0.4, 0.5) is 5.69 Å². The summed E-state index contributed by atoms with van der Waals surface area (Å²) in [5.41, 5.74) is -0.119. The summed E-state index contributed by atoms with van der Waals surface area (Å²) >= 11 is 12.0. The van der Waals surface area contributed by atoms with Gasteiger partial charge >= 0.3 is 5.97 Å². The van der Waals surface area contributed by atoms with E-state index in [0.29, 0.717) is 22.8 Å². The van der Waals surface area contributed by atoms with Crippen LogP contribution < -0.4 is 10.9 Å². The molecule has 24 heavy (non-hydrogen) atoms. The average Bonchev–Trinajstić information content (AvgIpc) is 2.51. The van der Waals surface area contributed by atoms with E-state index < -0.39 is 17.1 Å². The molecule has 2 aromatic rings. The van der Waals surface area contributed by atoms with E-state index in [2.05, 4.69) is 10.4 Å². The van der Waals surface area contributed by atoms with Crippen LogP contribution in [0.5, 0.6) is 0 Å². The molecule has 1 aromatic heterocycles. The largest absolute Gasteiger partial charge is 0.481 e. The van der Waals surface area contributed by atoms with Crippen molar-refractivity contribution in [2.75, 3.05) is 5.32 Å². The van der Waals surface area contributed by atoms with Crippen molar-refractivity contribution in [3.63, 3.8) is 0 Å². The summed E-state index contributed by atoms with van der Waals surface area (Å²) in [6.45, 7) is 3.66. The van der Waals surface area contributed by atoms with Gasteiger partial charge in [-0.15, -0.1) is 0 Å². The van der Waals surface area contributed by atoms with Gasteiger partial charge in [-0.25, -0.2) is 0 Å². The van der Waals surface area contributed by atoms with Crippen molar-refractivity contribution in [3.8, 4) is 5.69 Å². The third-order valence-electron chi connectivity index (χ3n) is 3.43. The van der Waals surface area contributed by atoms with Crippen molar-refractivity contribution < 1.29 is 9.90 Å². The smallest absolute Gasteiger partial charge is 0.303 e. The third kappa shape index (κ3) is 4.49. The molecule has 6 nitrogen and oxygen atoms in total. The minimum atomic E-state index is -0.882. The molecule has 2 rings (SSSR count). The number of nitrogens with zero attached hydrogens (tertiary/aromatic N) is 2. The normalized spacial score (nSPS) is 11.3. The highest BCUT2D eigenvalue weighted by Crippen LogP contribution is 2.24.